The highest BCUT2D eigenvalue weighted by molar-refractivity contribution is 6.39. The number of amides is 2. The summed E-state index contributed by atoms with van der Waals surface area (Å²) < 4.78 is 0. The number of anilines is 1. The first-order chi connectivity index (χ1) is 10.4. The second-order valence-corrected chi connectivity index (χ2v) is 5.38. The number of likely N-dealkylation sites (N-methyl/N-ethyl adjacent to an activating group) is 1. The number of rotatable bonds is 2. The van der Waals surface area contributed by atoms with Crippen molar-refractivity contribution < 1.29 is 14.5 Å². The van der Waals surface area contributed by atoms with Gasteiger partial charge in [0.25, 0.3) is 5.69 Å². The monoisotopic (exact) mass is 326 g/mol. The predicted octanol–water partition coefficient (Wildman–Crippen LogP) is 0.961. The van der Waals surface area contributed by atoms with Gasteiger partial charge in [-0.1, -0.05) is 11.6 Å². The Morgan fingerprint density at radius 1 is 1.27 bits per heavy atom. The Kier molecular flexibility index (Phi) is 4.94. The van der Waals surface area contributed by atoms with Crippen molar-refractivity contribution in [1.29, 1.82) is 0 Å². The summed E-state index contributed by atoms with van der Waals surface area (Å²) in [6, 6.07) is 3.83. The van der Waals surface area contributed by atoms with Gasteiger partial charge in [0.15, 0.2) is 0 Å². The molecule has 0 aromatic heterocycles. The summed E-state index contributed by atoms with van der Waals surface area (Å²) in [7, 11) is 1.94. The SMILES string of the molecule is CN1CCN(C(=O)C(=O)Nc2ccc(Cl)c([N+](=O)[O-])c2)CC1. The normalized spacial score (nSPS) is 15.5. The Morgan fingerprint density at radius 3 is 2.50 bits per heavy atom. The largest absolute Gasteiger partial charge is 0.332 e. The van der Waals surface area contributed by atoms with Crippen LogP contribution in [0.25, 0.3) is 0 Å². The van der Waals surface area contributed by atoms with Crippen LogP contribution in [0, 0.1) is 10.1 Å². The number of nitro groups is 1. The van der Waals surface area contributed by atoms with E-state index in [0.717, 1.165) is 6.07 Å². The third-order valence-electron chi connectivity index (χ3n) is 3.39. The average Bonchev–Trinajstić information content (AvgIpc) is 2.49. The van der Waals surface area contributed by atoms with Gasteiger partial charge < -0.3 is 15.1 Å². The Morgan fingerprint density at radius 2 is 1.91 bits per heavy atom. The lowest BCUT2D eigenvalue weighted by molar-refractivity contribution is -0.384. The molecule has 0 bridgehead atoms. The van der Waals surface area contributed by atoms with Gasteiger partial charge in [0.1, 0.15) is 5.02 Å². The molecule has 118 valence electrons. The van der Waals surface area contributed by atoms with Crippen LogP contribution in [0.5, 0.6) is 0 Å². The molecule has 0 atom stereocenters. The highest BCUT2D eigenvalue weighted by atomic mass is 35.5. The molecule has 0 unspecified atom stereocenters. The molecule has 1 saturated heterocycles. The molecular weight excluding hydrogens is 312 g/mol. The van der Waals surface area contributed by atoms with Crippen LogP contribution < -0.4 is 5.32 Å². The van der Waals surface area contributed by atoms with Crippen LogP contribution in [0.15, 0.2) is 18.2 Å². The number of nitrogens with zero attached hydrogens (tertiary/aromatic N) is 3. The number of hydrogen-bond donors (Lipinski definition) is 1. The minimum Gasteiger partial charge on any atom is -0.332 e. The minimum absolute atomic E-state index is 0.0339. The molecule has 22 heavy (non-hydrogen) atoms. The maximum Gasteiger partial charge on any atom is 0.313 e. The number of hydrogen-bond acceptors (Lipinski definition) is 5. The van der Waals surface area contributed by atoms with Gasteiger partial charge in [-0.25, -0.2) is 0 Å². The number of carbonyl (C=O) groups is 2. The van der Waals surface area contributed by atoms with Crippen LogP contribution in [0.2, 0.25) is 5.02 Å². The summed E-state index contributed by atoms with van der Waals surface area (Å²) in [5.41, 5.74) is -0.171. The van der Waals surface area contributed by atoms with E-state index in [1.807, 2.05) is 7.05 Å². The van der Waals surface area contributed by atoms with Crippen LogP contribution in [0.1, 0.15) is 0 Å². The highest BCUT2D eigenvalue weighted by Crippen LogP contribution is 2.27. The Bertz CT molecular complexity index is 614. The van der Waals surface area contributed by atoms with Crippen molar-refractivity contribution >= 4 is 34.8 Å². The highest BCUT2D eigenvalue weighted by Gasteiger charge is 2.25. The van der Waals surface area contributed by atoms with Crippen molar-refractivity contribution in [3.63, 3.8) is 0 Å². The summed E-state index contributed by atoms with van der Waals surface area (Å²) in [4.78, 5) is 37.6. The van der Waals surface area contributed by atoms with E-state index in [0.29, 0.717) is 26.2 Å². The molecule has 0 spiro atoms. The van der Waals surface area contributed by atoms with Crippen LogP contribution in [-0.4, -0.2) is 59.8 Å². The molecule has 2 rings (SSSR count). The molecule has 1 aliphatic heterocycles. The van der Waals surface area contributed by atoms with Gasteiger partial charge in [-0.05, 0) is 19.2 Å². The molecule has 1 heterocycles. The van der Waals surface area contributed by atoms with Crippen molar-refractivity contribution in [3.05, 3.63) is 33.3 Å². The molecule has 0 radical (unpaired) electrons. The predicted molar refractivity (Wildman–Crippen MR) is 80.8 cm³/mol. The third kappa shape index (κ3) is 3.71. The van der Waals surface area contributed by atoms with Crippen molar-refractivity contribution in [1.82, 2.24) is 9.80 Å². The smallest absolute Gasteiger partial charge is 0.313 e. The maximum absolute atomic E-state index is 12.0. The second-order valence-electron chi connectivity index (χ2n) is 4.97. The quantitative estimate of drug-likeness (QED) is 0.496. The molecule has 0 saturated carbocycles. The molecule has 2 amide bonds. The molecule has 0 aliphatic carbocycles. The van der Waals surface area contributed by atoms with E-state index in [9.17, 15) is 19.7 Å². The van der Waals surface area contributed by atoms with Crippen molar-refractivity contribution in [2.75, 3.05) is 38.5 Å². The van der Waals surface area contributed by atoms with Crippen molar-refractivity contribution in [3.8, 4) is 0 Å². The lowest BCUT2D eigenvalue weighted by Gasteiger charge is -2.31. The Labute approximate surface area is 131 Å². The van der Waals surface area contributed by atoms with Gasteiger partial charge in [0, 0.05) is 37.9 Å². The van der Waals surface area contributed by atoms with E-state index < -0.39 is 16.7 Å². The molecule has 9 heteroatoms. The van der Waals surface area contributed by atoms with E-state index in [4.69, 9.17) is 11.6 Å². The molecule has 8 nitrogen and oxygen atoms in total. The van der Waals surface area contributed by atoms with E-state index >= 15 is 0 Å². The summed E-state index contributed by atoms with van der Waals surface area (Å²) in [6.45, 7) is 2.35. The molecular formula is C13H15ClN4O4. The topological polar surface area (TPSA) is 95.8 Å². The lowest BCUT2D eigenvalue weighted by Crippen LogP contribution is -2.50. The molecule has 1 fully saturated rings. The second kappa shape index (κ2) is 6.71. The van der Waals surface area contributed by atoms with Gasteiger partial charge in [0.2, 0.25) is 0 Å². The first kappa shape index (κ1) is 16.2. The summed E-state index contributed by atoms with van der Waals surface area (Å²) in [5, 5.41) is 13.1. The van der Waals surface area contributed by atoms with Gasteiger partial charge in [-0.3, -0.25) is 19.7 Å². The summed E-state index contributed by atoms with van der Waals surface area (Å²) in [5.74, 6) is -1.47. The number of nitrogens with one attached hydrogen (secondary N) is 1. The molecule has 1 aromatic carbocycles. The zero-order chi connectivity index (χ0) is 16.3. The average molecular weight is 327 g/mol. The Balaban J connectivity index is 2.04. The fraction of sp³-hybridized carbons (Fsp3) is 0.385. The molecule has 1 aliphatic rings. The third-order valence-corrected chi connectivity index (χ3v) is 3.71. The Hall–Kier alpha value is -2.19. The van der Waals surface area contributed by atoms with E-state index in [1.54, 1.807) is 0 Å². The van der Waals surface area contributed by atoms with Gasteiger partial charge in [-0.2, -0.15) is 0 Å². The zero-order valence-corrected chi connectivity index (χ0v) is 12.7. The number of halogens is 1. The summed E-state index contributed by atoms with van der Waals surface area (Å²) >= 11 is 5.69. The fourth-order valence-corrected chi connectivity index (χ4v) is 2.25. The number of piperazine rings is 1. The maximum atomic E-state index is 12.0. The van der Waals surface area contributed by atoms with Crippen molar-refractivity contribution in [2.24, 2.45) is 0 Å². The number of carbonyl (C=O) groups excluding carboxylic acids is 2. The van der Waals surface area contributed by atoms with Gasteiger partial charge >= 0.3 is 11.8 Å². The van der Waals surface area contributed by atoms with E-state index in [-0.39, 0.29) is 16.4 Å². The van der Waals surface area contributed by atoms with Crippen molar-refractivity contribution in [2.45, 2.75) is 0 Å². The van der Waals surface area contributed by atoms with Crippen LogP contribution in [0.3, 0.4) is 0 Å². The zero-order valence-electron chi connectivity index (χ0n) is 11.9. The van der Waals surface area contributed by atoms with E-state index in [1.165, 1.54) is 17.0 Å². The van der Waals surface area contributed by atoms with E-state index in [2.05, 4.69) is 10.2 Å². The first-order valence-electron chi connectivity index (χ1n) is 6.61. The van der Waals surface area contributed by atoms with Crippen LogP contribution >= 0.6 is 11.6 Å². The molecule has 1 N–H and O–H groups in total. The minimum atomic E-state index is -0.818. The fourth-order valence-electron chi connectivity index (χ4n) is 2.07. The van der Waals surface area contributed by atoms with Gasteiger partial charge in [0.05, 0.1) is 4.92 Å². The van der Waals surface area contributed by atoms with Crippen LogP contribution in [0.4, 0.5) is 11.4 Å². The van der Waals surface area contributed by atoms with Gasteiger partial charge in [-0.15, -0.1) is 0 Å². The first-order valence-corrected chi connectivity index (χ1v) is 6.99. The number of nitro benzene ring substituents is 1. The standard InChI is InChI=1S/C13H15ClN4O4/c1-16-4-6-17(7-5-16)13(20)12(19)15-9-2-3-10(14)11(8-9)18(21)22/h2-3,8H,4-7H2,1H3,(H,15,19). The van der Waals surface area contributed by atoms with Crippen LogP contribution in [-0.2, 0) is 9.59 Å². The number of benzene rings is 1. The lowest BCUT2D eigenvalue weighted by atomic mass is 10.2. The summed E-state index contributed by atoms with van der Waals surface area (Å²) in [6.07, 6.45) is 0. The molecule has 1 aromatic rings.